The summed E-state index contributed by atoms with van der Waals surface area (Å²) in [5.41, 5.74) is 8.78. The second kappa shape index (κ2) is 6.31. The number of rotatable bonds is 5. The molecule has 2 aromatic rings. The van der Waals surface area contributed by atoms with Crippen LogP contribution < -0.4 is 5.73 Å². The SMILES string of the molecule is CCC(N)C(Sc1ncns1)c1cccc(C)c1. The highest BCUT2D eigenvalue weighted by molar-refractivity contribution is 8.01. The molecule has 0 aliphatic heterocycles. The molecule has 0 fully saturated rings. The van der Waals surface area contributed by atoms with E-state index in [4.69, 9.17) is 5.73 Å². The second-order valence-electron chi connectivity index (χ2n) is 4.23. The van der Waals surface area contributed by atoms with E-state index in [0.29, 0.717) is 0 Å². The third-order valence-electron chi connectivity index (χ3n) is 2.80. The maximum Gasteiger partial charge on any atom is 0.170 e. The maximum absolute atomic E-state index is 6.25. The zero-order valence-electron chi connectivity index (χ0n) is 10.5. The van der Waals surface area contributed by atoms with Crippen molar-refractivity contribution < 1.29 is 0 Å². The molecule has 3 nitrogen and oxygen atoms in total. The molecule has 0 aliphatic carbocycles. The van der Waals surface area contributed by atoms with Gasteiger partial charge in [0.2, 0.25) is 0 Å². The molecule has 0 aliphatic rings. The molecule has 0 radical (unpaired) electrons. The molecule has 0 spiro atoms. The van der Waals surface area contributed by atoms with Crippen molar-refractivity contribution in [2.24, 2.45) is 5.73 Å². The van der Waals surface area contributed by atoms with Crippen LogP contribution in [0.2, 0.25) is 0 Å². The minimum absolute atomic E-state index is 0.126. The van der Waals surface area contributed by atoms with Crippen LogP contribution >= 0.6 is 23.3 Å². The van der Waals surface area contributed by atoms with Crippen molar-refractivity contribution in [3.05, 3.63) is 41.7 Å². The van der Waals surface area contributed by atoms with Gasteiger partial charge in [0, 0.05) is 6.04 Å². The van der Waals surface area contributed by atoms with Crippen molar-refractivity contribution in [3.63, 3.8) is 0 Å². The highest BCUT2D eigenvalue weighted by Crippen LogP contribution is 2.38. The zero-order chi connectivity index (χ0) is 13.0. The molecule has 0 amide bonds. The van der Waals surface area contributed by atoms with Gasteiger partial charge < -0.3 is 5.73 Å². The average molecular weight is 279 g/mol. The van der Waals surface area contributed by atoms with Crippen molar-refractivity contribution in [2.45, 2.75) is 35.9 Å². The zero-order valence-corrected chi connectivity index (χ0v) is 12.2. The largest absolute Gasteiger partial charge is 0.326 e. The molecule has 96 valence electrons. The predicted octanol–water partition coefficient (Wildman–Crippen LogP) is 3.42. The van der Waals surface area contributed by atoms with E-state index in [0.717, 1.165) is 10.8 Å². The lowest BCUT2D eigenvalue weighted by molar-refractivity contribution is 0.634. The van der Waals surface area contributed by atoms with Crippen molar-refractivity contribution in [1.82, 2.24) is 9.36 Å². The van der Waals surface area contributed by atoms with Gasteiger partial charge in [0.05, 0.1) is 5.25 Å². The summed E-state index contributed by atoms with van der Waals surface area (Å²) in [5, 5.41) is 0.239. The van der Waals surface area contributed by atoms with Crippen LogP contribution in [0, 0.1) is 6.92 Å². The van der Waals surface area contributed by atoms with E-state index < -0.39 is 0 Å². The molecule has 2 atom stereocenters. The van der Waals surface area contributed by atoms with Crippen LogP contribution in [0.15, 0.2) is 34.9 Å². The van der Waals surface area contributed by atoms with Gasteiger partial charge >= 0.3 is 0 Å². The highest BCUT2D eigenvalue weighted by Gasteiger charge is 2.21. The van der Waals surface area contributed by atoms with E-state index >= 15 is 0 Å². The normalized spacial score (nSPS) is 14.4. The lowest BCUT2D eigenvalue weighted by Crippen LogP contribution is -2.25. The summed E-state index contributed by atoms with van der Waals surface area (Å²) < 4.78 is 5.02. The third kappa shape index (κ3) is 3.31. The first kappa shape index (κ1) is 13.5. The van der Waals surface area contributed by atoms with Crippen LogP contribution in [0.3, 0.4) is 0 Å². The maximum atomic E-state index is 6.25. The van der Waals surface area contributed by atoms with Crippen LogP contribution in [0.1, 0.15) is 29.7 Å². The van der Waals surface area contributed by atoms with Gasteiger partial charge in [0.15, 0.2) is 4.34 Å². The molecule has 2 unspecified atom stereocenters. The summed E-state index contributed by atoms with van der Waals surface area (Å²) in [5.74, 6) is 0. The van der Waals surface area contributed by atoms with Gasteiger partial charge in [0.1, 0.15) is 6.33 Å². The van der Waals surface area contributed by atoms with Crippen molar-refractivity contribution in [1.29, 1.82) is 0 Å². The number of hydrogen-bond donors (Lipinski definition) is 1. The lowest BCUT2D eigenvalue weighted by atomic mass is 10.0. The molecule has 2 rings (SSSR count). The number of aromatic nitrogens is 2. The first-order chi connectivity index (χ1) is 8.70. The Morgan fingerprint density at radius 2 is 2.28 bits per heavy atom. The summed E-state index contributed by atoms with van der Waals surface area (Å²) >= 11 is 3.13. The minimum atomic E-state index is 0.126. The topological polar surface area (TPSA) is 51.8 Å². The standard InChI is InChI=1S/C13H17N3S2/c1-3-11(14)12(17-13-15-8-16-18-13)10-6-4-5-9(2)7-10/h4-8,11-12H,3,14H2,1-2H3. The summed E-state index contributed by atoms with van der Waals surface area (Å²) in [4.78, 5) is 4.24. The predicted molar refractivity (Wildman–Crippen MR) is 78.0 cm³/mol. The average Bonchev–Trinajstić information content (AvgIpc) is 2.88. The van der Waals surface area contributed by atoms with E-state index in [-0.39, 0.29) is 11.3 Å². The van der Waals surface area contributed by atoms with E-state index in [9.17, 15) is 0 Å². The minimum Gasteiger partial charge on any atom is -0.326 e. The molecular weight excluding hydrogens is 262 g/mol. The Morgan fingerprint density at radius 3 is 2.89 bits per heavy atom. The van der Waals surface area contributed by atoms with Gasteiger partial charge in [-0.2, -0.15) is 4.37 Å². The first-order valence-electron chi connectivity index (χ1n) is 5.96. The fraction of sp³-hybridized carbons (Fsp3) is 0.385. The quantitative estimate of drug-likeness (QED) is 0.852. The van der Waals surface area contributed by atoms with Gasteiger partial charge in [-0.3, -0.25) is 0 Å². The Hall–Kier alpha value is -0.910. The Morgan fingerprint density at radius 1 is 1.44 bits per heavy atom. The lowest BCUT2D eigenvalue weighted by Gasteiger charge is -2.22. The molecule has 1 aromatic heterocycles. The molecule has 0 saturated carbocycles. The Labute approximate surface area is 116 Å². The molecule has 0 bridgehead atoms. The molecule has 1 heterocycles. The van der Waals surface area contributed by atoms with Gasteiger partial charge in [-0.25, -0.2) is 4.98 Å². The molecular formula is C13H17N3S2. The van der Waals surface area contributed by atoms with E-state index in [2.05, 4.69) is 47.5 Å². The first-order valence-corrected chi connectivity index (χ1v) is 7.61. The van der Waals surface area contributed by atoms with Crippen LogP contribution in [0.5, 0.6) is 0 Å². The van der Waals surface area contributed by atoms with Gasteiger partial charge in [-0.1, -0.05) is 48.5 Å². The second-order valence-corrected chi connectivity index (χ2v) is 6.40. The van der Waals surface area contributed by atoms with Crippen LogP contribution in [-0.2, 0) is 0 Å². The molecule has 2 N–H and O–H groups in total. The third-order valence-corrected chi connectivity index (χ3v) is 4.96. The van der Waals surface area contributed by atoms with Crippen molar-refractivity contribution in [2.75, 3.05) is 0 Å². The van der Waals surface area contributed by atoms with Crippen molar-refractivity contribution >= 4 is 23.3 Å². The van der Waals surface area contributed by atoms with Crippen LogP contribution in [-0.4, -0.2) is 15.4 Å². The van der Waals surface area contributed by atoms with Gasteiger partial charge in [-0.05, 0) is 30.4 Å². The van der Waals surface area contributed by atoms with E-state index in [1.807, 2.05) is 0 Å². The molecule has 5 heteroatoms. The van der Waals surface area contributed by atoms with Crippen LogP contribution in [0.4, 0.5) is 0 Å². The summed E-state index contributed by atoms with van der Waals surface area (Å²) in [6.45, 7) is 4.22. The monoisotopic (exact) mass is 279 g/mol. The smallest absolute Gasteiger partial charge is 0.170 e. The highest BCUT2D eigenvalue weighted by atomic mass is 32.2. The number of nitrogens with two attached hydrogens (primary N) is 1. The Kier molecular flexibility index (Phi) is 4.74. The number of hydrogen-bond acceptors (Lipinski definition) is 5. The fourth-order valence-electron chi connectivity index (χ4n) is 1.79. The van der Waals surface area contributed by atoms with E-state index in [1.54, 1.807) is 18.1 Å². The summed E-state index contributed by atoms with van der Waals surface area (Å²) in [7, 11) is 0. The summed E-state index contributed by atoms with van der Waals surface area (Å²) in [6, 6.07) is 8.66. The number of benzene rings is 1. The van der Waals surface area contributed by atoms with Gasteiger partial charge in [-0.15, -0.1) is 0 Å². The van der Waals surface area contributed by atoms with Crippen LogP contribution in [0.25, 0.3) is 0 Å². The number of thioether (sulfide) groups is 1. The fourth-order valence-corrected chi connectivity index (χ4v) is 3.65. The Balaban J connectivity index is 2.25. The molecule has 0 saturated heterocycles. The Bertz CT molecular complexity index is 485. The summed E-state index contributed by atoms with van der Waals surface area (Å²) in [6.07, 6.45) is 2.54. The molecule has 18 heavy (non-hydrogen) atoms. The number of aryl methyl sites for hydroxylation is 1. The van der Waals surface area contributed by atoms with Crippen molar-refractivity contribution in [3.8, 4) is 0 Å². The molecule has 1 aromatic carbocycles. The van der Waals surface area contributed by atoms with E-state index in [1.165, 1.54) is 22.7 Å². The van der Waals surface area contributed by atoms with Gasteiger partial charge in [0.25, 0.3) is 0 Å². The number of nitrogens with zero attached hydrogens (tertiary/aromatic N) is 2.